The third-order valence-electron chi connectivity index (χ3n) is 3.20. The van der Waals surface area contributed by atoms with E-state index in [0.717, 1.165) is 5.75 Å². The van der Waals surface area contributed by atoms with E-state index in [1.54, 1.807) is 14.2 Å². The molecule has 2 unspecified atom stereocenters. The summed E-state index contributed by atoms with van der Waals surface area (Å²) in [4.78, 5) is 0. The van der Waals surface area contributed by atoms with Gasteiger partial charge in [-0.2, -0.15) is 12.6 Å². The van der Waals surface area contributed by atoms with E-state index < -0.39 is 9.76 Å². The highest BCUT2D eigenvalue weighted by molar-refractivity contribution is 7.80. The number of allylic oxidation sites excluding steroid dienone is 4. The van der Waals surface area contributed by atoms with Crippen molar-refractivity contribution >= 4 is 22.4 Å². The smallest absolute Gasteiger partial charge is 0.178 e. The van der Waals surface area contributed by atoms with Gasteiger partial charge >= 0.3 is 0 Å². The van der Waals surface area contributed by atoms with Crippen LogP contribution in [0.4, 0.5) is 0 Å². The minimum Gasteiger partial charge on any atom is -0.418 e. The molecular weight excluding hydrogens is 252 g/mol. The number of hydrogen-bond acceptors (Lipinski definition) is 4. The normalized spacial score (nSPS) is 28.6. The van der Waals surface area contributed by atoms with Crippen LogP contribution in [-0.2, 0) is 13.9 Å². The lowest BCUT2D eigenvalue weighted by molar-refractivity contribution is -0.122. The van der Waals surface area contributed by atoms with Crippen molar-refractivity contribution in [2.24, 2.45) is 5.41 Å². The number of thiol groups is 1. The summed E-state index contributed by atoms with van der Waals surface area (Å²) in [6, 6.07) is 0. The van der Waals surface area contributed by atoms with Gasteiger partial charge in [0.2, 0.25) is 0 Å². The average molecular weight is 274 g/mol. The van der Waals surface area contributed by atoms with E-state index in [9.17, 15) is 0 Å². The lowest BCUT2D eigenvalue weighted by Crippen LogP contribution is -2.30. The van der Waals surface area contributed by atoms with Crippen molar-refractivity contribution in [1.29, 1.82) is 0 Å². The summed E-state index contributed by atoms with van der Waals surface area (Å²) in [6.45, 7) is 2.74. The third kappa shape index (κ3) is 4.26. The Labute approximate surface area is 112 Å². The van der Waals surface area contributed by atoms with Crippen LogP contribution >= 0.6 is 12.6 Å². The fraction of sp³-hybridized carbons (Fsp3) is 0.667. The van der Waals surface area contributed by atoms with Crippen LogP contribution in [0.1, 0.15) is 6.92 Å². The first-order chi connectivity index (χ1) is 8.16. The molecule has 0 N–H and O–H groups in total. The first kappa shape index (κ1) is 15.0. The summed E-state index contributed by atoms with van der Waals surface area (Å²) in [5.74, 6) is 0.840. The lowest BCUT2D eigenvalue weighted by atomic mass is 9.85. The maximum atomic E-state index is 5.78. The van der Waals surface area contributed by atoms with E-state index in [1.807, 2.05) is 0 Å². The fourth-order valence-electron chi connectivity index (χ4n) is 1.76. The van der Waals surface area contributed by atoms with E-state index in [0.29, 0.717) is 12.1 Å². The van der Waals surface area contributed by atoms with Gasteiger partial charge in [-0.05, 0) is 5.75 Å². The van der Waals surface area contributed by atoms with E-state index in [2.05, 4.69) is 43.9 Å². The second-order valence-corrected chi connectivity index (χ2v) is 6.39. The van der Waals surface area contributed by atoms with E-state index >= 15 is 0 Å². The van der Waals surface area contributed by atoms with Crippen molar-refractivity contribution in [1.82, 2.24) is 0 Å². The van der Waals surface area contributed by atoms with Crippen LogP contribution in [0.25, 0.3) is 0 Å². The van der Waals surface area contributed by atoms with Gasteiger partial charge in [-0.3, -0.25) is 0 Å². The molecule has 1 rings (SSSR count). The Hall–Kier alpha value is -0.0731. The Bertz CT molecular complexity index is 279. The van der Waals surface area contributed by atoms with Crippen LogP contribution in [0.2, 0.25) is 5.54 Å². The Balaban J connectivity index is 2.40. The number of methoxy groups -OCH3 is 2. The predicted molar refractivity (Wildman–Crippen MR) is 76.3 cm³/mol. The van der Waals surface area contributed by atoms with Gasteiger partial charge in [0.25, 0.3) is 0 Å². The van der Waals surface area contributed by atoms with Crippen LogP contribution in [0, 0.1) is 5.41 Å². The second-order valence-electron chi connectivity index (χ2n) is 4.45. The quantitative estimate of drug-likeness (QED) is 0.434. The van der Waals surface area contributed by atoms with Gasteiger partial charge in [-0.1, -0.05) is 31.2 Å². The molecule has 0 aromatic carbocycles. The summed E-state index contributed by atoms with van der Waals surface area (Å²) < 4.78 is 16.0. The van der Waals surface area contributed by atoms with E-state index in [1.165, 1.54) is 0 Å². The van der Waals surface area contributed by atoms with Gasteiger partial charge in [0, 0.05) is 25.2 Å². The zero-order valence-corrected chi connectivity index (χ0v) is 13.1. The van der Waals surface area contributed by atoms with Crippen molar-refractivity contribution in [2.45, 2.75) is 18.8 Å². The maximum Gasteiger partial charge on any atom is 0.178 e. The van der Waals surface area contributed by atoms with Crippen LogP contribution in [0.3, 0.4) is 0 Å². The number of ether oxygens (including phenoxy) is 2. The molecule has 0 aromatic heterocycles. The minimum absolute atomic E-state index is 0.125. The van der Waals surface area contributed by atoms with Crippen molar-refractivity contribution < 1.29 is 13.9 Å². The van der Waals surface area contributed by atoms with Gasteiger partial charge in [-0.15, -0.1) is 0 Å². The van der Waals surface area contributed by atoms with Gasteiger partial charge in [0.15, 0.2) is 16.1 Å². The molecule has 0 saturated heterocycles. The molecule has 2 atom stereocenters. The predicted octanol–water partition coefficient (Wildman–Crippen LogP) is 1.56. The molecule has 0 heterocycles. The molecule has 1 aliphatic rings. The van der Waals surface area contributed by atoms with E-state index in [4.69, 9.17) is 13.9 Å². The Kier molecular flexibility index (Phi) is 6.51. The highest BCUT2D eigenvalue weighted by Crippen LogP contribution is 2.38. The van der Waals surface area contributed by atoms with Crippen molar-refractivity contribution in [3.63, 3.8) is 0 Å². The zero-order valence-electron chi connectivity index (χ0n) is 10.8. The third-order valence-corrected chi connectivity index (χ3v) is 5.91. The molecule has 0 radical (unpaired) electrons. The monoisotopic (exact) mass is 274 g/mol. The Morgan fingerprint density at radius 2 is 2.06 bits per heavy atom. The molecular formula is C12H22O3SSi. The van der Waals surface area contributed by atoms with Gasteiger partial charge in [0.05, 0.1) is 6.61 Å². The first-order valence-electron chi connectivity index (χ1n) is 5.76. The largest absolute Gasteiger partial charge is 0.418 e. The molecule has 98 valence electrons. The van der Waals surface area contributed by atoms with Gasteiger partial charge < -0.3 is 13.9 Å². The minimum atomic E-state index is -0.658. The van der Waals surface area contributed by atoms with Crippen LogP contribution < -0.4 is 0 Å². The summed E-state index contributed by atoms with van der Waals surface area (Å²) >= 11 is 4.44. The second kappa shape index (κ2) is 7.38. The highest BCUT2D eigenvalue weighted by atomic mass is 32.1. The van der Waals surface area contributed by atoms with Gasteiger partial charge in [-0.25, -0.2) is 0 Å². The molecule has 0 bridgehead atoms. The molecule has 0 aliphatic heterocycles. The molecule has 1 aliphatic carbocycles. The molecule has 3 nitrogen and oxygen atoms in total. The van der Waals surface area contributed by atoms with Crippen LogP contribution in [0.5, 0.6) is 0 Å². The molecule has 5 heteroatoms. The summed E-state index contributed by atoms with van der Waals surface area (Å²) in [6.07, 6.45) is 8.39. The topological polar surface area (TPSA) is 27.7 Å². The molecule has 0 amide bonds. The Morgan fingerprint density at radius 3 is 2.65 bits per heavy atom. The summed E-state index contributed by atoms with van der Waals surface area (Å²) in [7, 11) is 2.59. The van der Waals surface area contributed by atoms with Gasteiger partial charge in [0.1, 0.15) is 0 Å². The van der Waals surface area contributed by atoms with E-state index in [-0.39, 0.29) is 11.7 Å². The maximum absolute atomic E-state index is 5.78. The lowest BCUT2D eigenvalue weighted by Gasteiger charge is -2.33. The number of rotatable bonds is 7. The standard InChI is InChI=1S/C12H22O3SSi/c1-12(9-16)7-5-4-6-10(12)17-15-8-11(13-2)14-3/h4-7,10-11,16H,8-9,17H2,1-3H3. The molecule has 0 aromatic rings. The first-order valence-corrected chi connectivity index (χ1v) is 7.79. The fourth-order valence-corrected chi connectivity index (χ4v) is 3.85. The average Bonchev–Trinajstić information content (AvgIpc) is 2.37. The molecule has 0 saturated carbocycles. The molecule has 0 fully saturated rings. The summed E-state index contributed by atoms with van der Waals surface area (Å²) in [5.41, 5.74) is 0.610. The Morgan fingerprint density at radius 1 is 1.35 bits per heavy atom. The number of hydrogen-bond donors (Lipinski definition) is 1. The molecule has 17 heavy (non-hydrogen) atoms. The highest BCUT2D eigenvalue weighted by Gasteiger charge is 2.30. The van der Waals surface area contributed by atoms with Crippen LogP contribution in [-0.4, -0.2) is 42.6 Å². The zero-order chi connectivity index (χ0) is 12.7. The van der Waals surface area contributed by atoms with Crippen molar-refractivity contribution in [2.75, 3.05) is 26.6 Å². The van der Waals surface area contributed by atoms with Crippen LogP contribution in [0.15, 0.2) is 24.3 Å². The molecule has 0 spiro atoms. The SMILES string of the molecule is COC(CO[SiH2]C1C=CC=CC1(C)CS)OC. The van der Waals surface area contributed by atoms with Crippen molar-refractivity contribution in [3.8, 4) is 0 Å². The van der Waals surface area contributed by atoms with Crippen molar-refractivity contribution in [3.05, 3.63) is 24.3 Å². The summed E-state index contributed by atoms with van der Waals surface area (Å²) in [5, 5.41) is 0.